The molecule has 1 unspecified atom stereocenters. The maximum atomic E-state index is 11.9. The van der Waals surface area contributed by atoms with Crippen molar-refractivity contribution in [1.82, 2.24) is 0 Å². The Balaban J connectivity index is 2.90. The van der Waals surface area contributed by atoms with E-state index in [4.69, 9.17) is 9.47 Å². The fraction of sp³-hybridized carbons (Fsp3) is 0.533. The monoisotopic (exact) mass is 250 g/mol. The summed E-state index contributed by atoms with van der Waals surface area (Å²) >= 11 is 0. The van der Waals surface area contributed by atoms with Crippen molar-refractivity contribution in [2.75, 3.05) is 13.2 Å². The first-order valence-corrected chi connectivity index (χ1v) is 6.62. The number of hydrogen-bond donors (Lipinski definition) is 0. The van der Waals surface area contributed by atoms with Crippen molar-refractivity contribution in [2.24, 2.45) is 0 Å². The number of rotatable bonds is 7. The molecule has 100 valence electrons. The van der Waals surface area contributed by atoms with Gasteiger partial charge < -0.3 is 9.47 Å². The Morgan fingerprint density at radius 1 is 1.22 bits per heavy atom. The molecule has 0 fully saturated rings. The van der Waals surface area contributed by atoms with Gasteiger partial charge in [-0.3, -0.25) is 4.79 Å². The maximum Gasteiger partial charge on any atom is 0.313 e. The van der Waals surface area contributed by atoms with E-state index >= 15 is 0 Å². The van der Waals surface area contributed by atoms with Crippen LogP contribution >= 0.6 is 0 Å². The number of carbonyl (C=O) groups excluding carboxylic acids is 1. The van der Waals surface area contributed by atoms with Crippen LogP contribution in [0, 0.1) is 0 Å². The highest BCUT2D eigenvalue weighted by Crippen LogP contribution is 2.26. The van der Waals surface area contributed by atoms with E-state index in [0.717, 1.165) is 24.2 Å². The zero-order valence-corrected chi connectivity index (χ0v) is 11.4. The summed E-state index contributed by atoms with van der Waals surface area (Å²) in [6, 6.07) is 7.71. The molecule has 3 heteroatoms. The first-order valence-electron chi connectivity index (χ1n) is 6.62. The molecular weight excluding hydrogens is 228 g/mol. The van der Waals surface area contributed by atoms with E-state index < -0.39 is 0 Å². The van der Waals surface area contributed by atoms with Gasteiger partial charge >= 0.3 is 5.97 Å². The lowest BCUT2D eigenvalue weighted by Crippen LogP contribution is -2.16. The van der Waals surface area contributed by atoms with Crippen molar-refractivity contribution in [1.29, 1.82) is 0 Å². The molecule has 0 heterocycles. The maximum absolute atomic E-state index is 11.9. The van der Waals surface area contributed by atoms with Crippen LogP contribution in [0.25, 0.3) is 0 Å². The van der Waals surface area contributed by atoms with E-state index in [2.05, 4.69) is 6.92 Å². The average Bonchev–Trinajstić information content (AvgIpc) is 2.37. The summed E-state index contributed by atoms with van der Waals surface area (Å²) in [5.41, 5.74) is 0.973. The second-order valence-electron chi connectivity index (χ2n) is 4.10. The van der Waals surface area contributed by atoms with Crippen LogP contribution in [0.3, 0.4) is 0 Å². The summed E-state index contributed by atoms with van der Waals surface area (Å²) in [5, 5.41) is 0. The van der Waals surface area contributed by atoms with Crippen LogP contribution in [0.4, 0.5) is 0 Å². The number of carbonyl (C=O) groups is 1. The molecular formula is C15H22O3. The van der Waals surface area contributed by atoms with Crippen LogP contribution in [0.2, 0.25) is 0 Å². The van der Waals surface area contributed by atoms with Crippen molar-refractivity contribution >= 4 is 5.97 Å². The van der Waals surface area contributed by atoms with Crippen molar-refractivity contribution in [3.05, 3.63) is 29.8 Å². The molecule has 1 atom stereocenters. The minimum Gasteiger partial charge on any atom is -0.494 e. The van der Waals surface area contributed by atoms with Crippen molar-refractivity contribution in [2.45, 2.75) is 39.5 Å². The van der Waals surface area contributed by atoms with E-state index in [1.54, 1.807) is 0 Å². The fourth-order valence-corrected chi connectivity index (χ4v) is 1.94. The normalized spacial score (nSPS) is 11.9. The summed E-state index contributed by atoms with van der Waals surface area (Å²) < 4.78 is 10.6. The first kappa shape index (κ1) is 14.6. The van der Waals surface area contributed by atoms with Gasteiger partial charge in [0.1, 0.15) is 5.75 Å². The van der Waals surface area contributed by atoms with Crippen molar-refractivity contribution < 1.29 is 14.3 Å². The Morgan fingerprint density at radius 3 is 2.61 bits per heavy atom. The Labute approximate surface area is 109 Å². The van der Waals surface area contributed by atoms with E-state index in [0.29, 0.717) is 13.2 Å². The molecule has 0 aliphatic carbocycles. The molecule has 1 aromatic carbocycles. The minimum atomic E-state index is -0.185. The summed E-state index contributed by atoms with van der Waals surface area (Å²) in [4.78, 5) is 11.9. The lowest BCUT2D eigenvalue weighted by molar-refractivity contribution is -0.145. The summed E-state index contributed by atoms with van der Waals surface area (Å²) in [6.07, 6.45) is 1.75. The van der Waals surface area contributed by atoms with Crippen LogP contribution in [0.15, 0.2) is 24.3 Å². The summed E-state index contributed by atoms with van der Waals surface area (Å²) in [6.45, 7) is 6.89. The van der Waals surface area contributed by atoms with Gasteiger partial charge in [-0.25, -0.2) is 0 Å². The molecule has 0 bridgehead atoms. The van der Waals surface area contributed by atoms with Crippen LogP contribution in [0.5, 0.6) is 5.75 Å². The largest absolute Gasteiger partial charge is 0.494 e. The fourth-order valence-electron chi connectivity index (χ4n) is 1.94. The number of hydrogen-bond acceptors (Lipinski definition) is 3. The molecule has 0 aliphatic heterocycles. The lowest BCUT2D eigenvalue weighted by Gasteiger charge is -2.16. The second kappa shape index (κ2) is 7.75. The molecule has 0 N–H and O–H groups in total. The highest BCUT2D eigenvalue weighted by molar-refractivity contribution is 5.78. The quantitative estimate of drug-likeness (QED) is 0.694. The van der Waals surface area contributed by atoms with Gasteiger partial charge in [0, 0.05) is 0 Å². The molecule has 0 saturated heterocycles. The third-order valence-corrected chi connectivity index (χ3v) is 2.72. The highest BCUT2D eigenvalue weighted by Gasteiger charge is 2.21. The predicted octanol–water partition coefficient (Wildman–Crippen LogP) is 3.53. The highest BCUT2D eigenvalue weighted by atomic mass is 16.5. The zero-order chi connectivity index (χ0) is 13.4. The van der Waals surface area contributed by atoms with Crippen LogP contribution in [-0.4, -0.2) is 19.2 Å². The second-order valence-corrected chi connectivity index (χ2v) is 4.10. The molecule has 18 heavy (non-hydrogen) atoms. The van der Waals surface area contributed by atoms with Gasteiger partial charge in [0.2, 0.25) is 0 Å². The number of ether oxygens (including phenoxy) is 2. The molecule has 0 amide bonds. The Kier molecular flexibility index (Phi) is 6.26. The molecule has 0 aliphatic rings. The Hall–Kier alpha value is -1.51. The van der Waals surface area contributed by atoms with Gasteiger partial charge in [-0.05, 0) is 38.0 Å². The molecule has 0 radical (unpaired) electrons. The Bertz CT molecular complexity index is 374. The van der Waals surface area contributed by atoms with Crippen LogP contribution in [-0.2, 0) is 9.53 Å². The van der Waals surface area contributed by atoms with E-state index in [1.165, 1.54) is 0 Å². The van der Waals surface area contributed by atoms with Gasteiger partial charge in [-0.1, -0.05) is 25.5 Å². The first-order chi connectivity index (χ1) is 8.72. The summed E-state index contributed by atoms with van der Waals surface area (Å²) in [5.74, 6) is 0.476. The molecule has 0 saturated carbocycles. The topological polar surface area (TPSA) is 35.5 Å². The molecule has 0 aromatic heterocycles. The number of esters is 1. The SMILES string of the molecule is CCCC(C(=O)OCC)c1cccc(OCC)c1. The van der Waals surface area contributed by atoms with E-state index in [9.17, 15) is 4.79 Å². The molecule has 0 spiro atoms. The third-order valence-electron chi connectivity index (χ3n) is 2.72. The Morgan fingerprint density at radius 2 is 2.00 bits per heavy atom. The average molecular weight is 250 g/mol. The zero-order valence-electron chi connectivity index (χ0n) is 11.4. The van der Waals surface area contributed by atoms with Gasteiger partial charge in [0.25, 0.3) is 0 Å². The van der Waals surface area contributed by atoms with Gasteiger partial charge in [-0.15, -0.1) is 0 Å². The minimum absolute atomic E-state index is 0.145. The smallest absolute Gasteiger partial charge is 0.313 e. The molecule has 1 aromatic rings. The van der Waals surface area contributed by atoms with Gasteiger partial charge in [-0.2, -0.15) is 0 Å². The predicted molar refractivity (Wildman–Crippen MR) is 71.9 cm³/mol. The van der Waals surface area contributed by atoms with Gasteiger partial charge in [0.05, 0.1) is 19.1 Å². The van der Waals surface area contributed by atoms with Crippen molar-refractivity contribution in [3.63, 3.8) is 0 Å². The lowest BCUT2D eigenvalue weighted by atomic mass is 9.94. The van der Waals surface area contributed by atoms with E-state index in [-0.39, 0.29) is 11.9 Å². The molecule has 1 rings (SSSR count). The standard InChI is InChI=1S/C15H22O3/c1-4-8-14(15(16)18-6-3)12-9-7-10-13(11-12)17-5-2/h7,9-11,14H,4-6,8H2,1-3H3. The summed E-state index contributed by atoms with van der Waals surface area (Å²) in [7, 11) is 0. The van der Waals surface area contributed by atoms with E-state index in [1.807, 2.05) is 38.1 Å². The third kappa shape index (κ3) is 4.06. The van der Waals surface area contributed by atoms with Crippen LogP contribution < -0.4 is 4.74 Å². The number of benzene rings is 1. The van der Waals surface area contributed by atoms with Gasteiger partial charge in [0.15, 0.2) is 0 Å². The van der Waals surface area contributed by atoms with Crippen molar-refractivity contribution in [3.8, 4) is 5.75 Å². The van der Waals surface area contributed by atoms with Crippen LogP contribution in [0.1, 0.15) is 45.1 Å². The molecule has 3 nitrogen and oxygen atoms in total.